The summed E-state index contributed by atoms with van der Waals surface area (Å²) in [4.78, 5) is 28.2. The van der Waals surface area contributed by atoms with Crippen molar-refractivity contribution >= 4 is 23.6 Å². The van der Waals surface area contributed by atoms with Crippen LogP contribution in [-0.2, 0) is 16.1 Å². The van der Waals surface area contributed by atoms with E-state index in [1.165, 1.54) is 4.90 Å². The number of imidazole rings is 1. The van der Waals surface area contributed by atoms with Gasteiger partial charge in [-0.25, -0.2) is 4.98 Å². The van der Waals surface area contributed by atoms with E-state index in [0.717, 1.165) is 17.5 Å². The Hall–Kier alpha value is -1.50. The number of carbonyl (C=O) groups is 2. The van der Waals surface area contributed by atoms with Crippen LogP contribution in [-0.4, -0.2) is 51.3 Å². The number of amides is 1. The third kappa shape index (κ3) is 4.27. The monoisotopic (exact) mass is 285 g/mol. The smallest absolute Gasteiger partial charge is 0.313 e. The van der Waals surface area contributed by atoms with E-state index in [1.54, 1.807) is 24.9 Å². The van der Waals surface area contributed by atoms with Gasteiger partial charge in [-0.15, -0.1) is 0 Å². The first-order valence-electron chi connectivity index (χ1n) is 5.93. The SMILES string of the molecule is CC(C)c1cnc(SCC(=O)O)n1CC(=O)N(C)C. The van der Waals surface area contributed by atoms with Crippen molar-refractivity contribution in [2.24, 2.45) is 0 Å². The highest BCUT2D eigenvalue weighted by Gasteiger charge is 2.17. The number of hydrogen-bond acceptors (Lipinski definition) is 4. The van der Waals surface area contributed by atoms with Gasteiger partial charge in [-0.3, -0.25) is 9.59 Å². The lowest BCUT2D eigenvalue weighted by molar-refractivity contribution is -0.134. The predicted molar refractivity (Wildman–Crippen MR) is 73.4 cm³/mol. The molecule has 0 aromatic carbocycles. The van der Waals surface area contributed by atoms with Crippen molar-refractivity contribution in [3.8, 4) is 0 Å². The van der Waals surface area contributed by atoms with Gasteiger partial charge in [0.25, 0.3) is 0 Å². The van der Waals surface area contributed by atoms with Crippen molar-refractivity contribution in [2.45, 2.75) is 31.5 Å². The molecular weight excluding hydrogens is 266 g/mol. The maximum absolute atomic E-state index is 11.8. The normalized spacial score (nSPS) is 10.8. The second-order valence-corrected chi connectivity index (χ2v) is 5.62. The molecule has 7 heteroatoms. The van der Waals surface area contributed by atoms with Gasteiger partial charge in [-0.1, -0.05) is 25.6 Å². The summed E-state index contributed by atoms with van der Waals surface area (Å²) in [7, 11) is 3.39. The van der Waals surface area contributed by atoms with E-state index >= 15 is 0 Å². The molecule has 0 bridgehead atoms. The van der Waals surface area contributed by atoms with Crippen molar-refractivity contribution < 1.29 is 14.7 Å². The van der Waals surface area contributed by atoms with Crippen LogP contribution >= 0.6 is 11.8 Å². The average molecular weight is 285 g/mol. The molecule has 1 N–H and O–H groups in total. The molecule has 1 rings (SSSR count). The van der Waals surface area contributed by atoms with Crippen LogP contribution in [0.4, 0.5) is 0 Å². The molecule has 0 saturated carbocycles. The van der Waals surface area contributed by atoms with Crippen LogP contribution < -0.4 is 0 Å². The molecule has 0 aliphatic heterocycles. The first-order chi connectivity index (χ1) is 8.82. The lowest BCUT2D eigenvalue weighted by Gasteiger charge is -2.16. The van der Waals surface area contributed by atoms with E-state index in [9.17, 15) is 9.59 Å². The van der Waals surface area contributed by atoms with Gasteiger partial charge in [-0.2, -0.15) is 0 Å². The quantitative estimate of drug-likeness (QED) is 0.797. The molecule has 0 aliphatic carbocycles. The molecule has 0 spiro atoms. The fourth-order valence-corrected chi connectivity index (χ4v) is 2.21. The van der Waals surface area contributed by atoms with E-state index in [0.29, 0.717) is 5.16 Å². The molecule has 0 aliphatic rings. The molecule has 0 saturated heterocycles. The Morgan fingerprint density at radius 3 is 2.58 bits per heavy atom. The standard InChI is InChI=1S/C12H19N3O3S/c1-8(2)9-5-13-12(19-7-11(17)18)15(9)6-10(16)14(3)4/h5,8H,6-7H2,1-4H3,(H,17,18). The van der Waals surface area contributed by atoms with E-state index < -0.39 is 5.97 Å². The molecule has 0 radical (unpaired) electrons. The summed E-state index contributed by atoms with van der Waals surface area (Å²) in [5.41, 5.74) is 0.933. The molecule has 19 heavy (non-hydrogen) atoms. The molecule has 106 valence electrons. The highest BCUT2D eigenvalue weighted by molar-refractivity contribution is 7.99. The summed E-state index contributed by atoms with van der Waals surface area (Å²) < 4.78 is 1.79. The van der Waals surface area contributed by atoms with Crippen LogP contribution in [0.5, 0.6) is 0 Å². The van der Waals surface area contributed by atoms with Gasteiger partial charge in [0.1, 0.15) is 6.54 Å². The van der Waals surface area contributed by atoms with Crippen LogP contribution in [0.3, 0.4) is 0 Å². The fraction of sp³-hybridized carbons (Fsp3) is 0.583. The Balaban J connectivity index is 2.98. The number of aliphatic carboxylic acids is 1. The number of aromatic nitrogens is 2. The van der Waals surface area contributed by atoms with Crippen LogP contribution in [0.1, 0.15) is 25.5 Å². The molecule has 0 fully saturated rings. The summed E-state index contributed by atoms with van der Waals surface area (Å²) in [5.74, 6) is -0.784. The van der Waals surface area contributed by atoms with Gasteiger partial charge >= 0.3 is 5.97 Å². The van der Waals surface area contributed by atoms with Gasteiger partial charge in [-0.05, 0) is 5.92 Å². The molecule has 1 amide bonds. The second-order valence-electron chi connectivity index (χ2n) is 4.68. The summed E-state index contributed by atoms with van der Waals surface area (Å²) >= 11 is 1.13. The summed E-state index contributed by atoms with van der Waals surface area (Å²) in [5, 5.41) is 9.29. The lowest BCUT2D eigenvalue weighted by atomic mass is 10.1. The summed E-state index contributed by atoms with van der Waals surface area (Å²) in [6, 6.07) is 0. The Morgan fingerprint density at radius 1 is 1.47 bits per heavy atom. The third-order valence-electron chi connectivity index (χ3n) is 2.56. The van der Waals surface area contributed by atoms with Gasteiger partial charge in [0, 0.05) is 26.0 Å². The summed E-state index contributed by atoms with van der Waals surface area (Å²) in [6.07, 6.45) is 1.71. The highest BCUT2D eigenvalue weighted by Crippen LogP contribution is 2.23. The highest BCUT2D eigenvalue weighted by atomic mass is 32.2. The topological polar surface area (TPSA) is 75.4 Å². The van der Waals surface area contributed by atoms with E-state index in [2.05, 4.69) is 4.98 Å². The first-order valence-corrected chi connectivity index (χ1v) is 6.91. The zero-order valence-corrected chi connectivity index (χ0v) is 12.4. The molecule has 1 aromatic rings. The van der Waals surface area contributed by atoms with E-state index in [4.69, 9.17) is 5.11 Å². The van der Waals surface area contributed by atoms with Crippen LogP contribution in [0.15, 0.2) is 11.4 Å². The number of rotatable bonds is 6. The number of carboxylic acids is 1. The van der Waals surface area contributed by atoms with Crippen LogP contribution in [0.25, 0.3) is 0 Å². The van der Waals surface area contributed by atoms with Crippen LogP contribution in [0, 0.1) is 0 Å². The minimum Gasteiger partial charge on any atom is -0.481 e. The van der Waals surface area contributed by atoms with Gasteiger partial charge in [0.15, 0.2) is 5.16 Å². The maximum Gasteiger partial charge on any atom is 0.313 e. The Labute approximate surface area is 116 Å². The van der Waals surface area contributed by atoms with Crippen molar-refractivity contribution in [3.05, 3.63) is 11.9 Å². The molecular formula is C12H19N3O3S. The zero-order chi connectivity index (χ0) is 14.6. The number of carboxylic acid groups (broad SMARTS) is 1. The molecule has 0 atom stereocenters. The number of thioether (sulfide) groups is 1. The lowest BCUT2D eigenvalue weighted by Crippen LogP contribution is -2.27. The van der Waals surface area contributed by atoms with Crippen molar-refractivity contribution in [3.63, 3.8) is 0 Å². The second kappa shape index (κ2) is 6.60. The van der Waals surface area contributed by atoms with E-state index in [1.807, 2.05) is 13.8 Å². The molecule has 1 aromatic heterocycles. The third-order valence-corrected chi connectivity index (χ3v) is 3.53. The first kappa shape index (κ1) is 15.6. The van der Waals surface area contributed by atoms with Crippen LogP contribution in [0.2, 0.25) is 0 Å². The van der Waals surface area contributed by atoms with Crippen molar-refractivity contribution in [1.82, 2.24) is 14.5 Å². The zero-order valence-electron chi connectivity index (χ0n) is 11.6. The molecule has 1 heterocycles. The van der Waals surface area contributed by atoms with E-state index in [-0.39, 0.29) is 24.1 Å². The molecule has 6 nitrogen and oxygen atoms in total. The van der Waals surface area contributed by atoms with Crippen molar-refractivity contribution in [1.29, 1.82) is 0 Å². The largest absolute Gasteiger partial charge is 0.481 e. The fourth-order valence-electron chi connectivity index (χ4n) is 1.51. The Bertz CT molecular complexity index is 469. The summed E-state index contributed by atoms with van der Waals surface area (Å²) in [6.45, 7) is 4.21. The van der Waals surface area contributed by atoms with Gasteiger partial charge in [0.2, 0.25) is 5.91 Å². The predicted octanol–water partition coefficient (Wildman–Crippen LogP) is 1.27. The molecule has 0 unspecified atom stereocenters. The van der Waals surface area contributed by atoms with Gasteiger partial charge < -0.3 is 14.6 Å². The maximum atomic E-state index is 11.8. The minimum atomic E-state index is -0.899. The number of hydrogen-bond donors (Lipinski definition) is 1. The number of nitrogens with zero attached hydrogens (tertiary/aromatic N) is 3. The Kier molecular flexibility index (Phi) is 5.41. The average Bonchev–Trinajstić information content (AvgIpc) is 2.69. The minimum absolute atomic E-state index is 0.0444. The Morgan fingerprint density at radius 2 is 2.11 bits per heavy atom. The number of carbonyl (C=O) groups excluding carboxylic acids is 1. The van der Waals surface area contributed by atoms with Gasteiger partial charge in [0.05, 0.1) is 5.75 Å². The van der Waals surface area contributed by atoms with Crippen molar-refractivity contribution in [2.75, 3.05) is 19.8 Å². The number of likely N-dealkylation sites (N-methyl/N-ethyl adjacent to an activating group) is 1.